The van der Waals surface area contributed by atoms with Crippen LogP contribution in [0.25, 0.3) is 11.0 Å². The molecule has 2 amide bonds. The molecular weight excluding hydrogens is 377 g/mol. The number of rotatable bonds is 5. The smallest absolute Gasteiger partial charge is 0.365 e. The summed E-state index contributed by atoms with van der Waals surface area (Å²) in [6.45, 7) is 0.763. The van der Waals surface area contributed by atoms with Crippen molar-refractivity contribution in [2.45, 2.75) is 32.0 Å². The molecule has 0 unspecified atom stereocenters. The first kappa shape index (κ1) is 19.9. The van der Waals surface area contributed by atoms with Crippen LogP contribution >= 0.6 is 0 Å². The van der Waals surface area contributed by atoms with Crippen molar-refractivity contribution in [2.24, 2.45) is 11.7 Å². The molecule has 3 rings (SSSR count). The number of hydrogen-bond donors (Lipinski definition) is 4. The second-order valence-corrected chi connectivity index (χ2v) is 6.87. The Kier molecular flexibility index (Phi) is 5.45. The maximum absolute atomic E-state index is 12.4. The molecule has 2 aromatic heterocycles. The third-order valence-electron chi connectivity index (χ3n) is 4.82. The summed E-state index contributed by atoms with van der Waals surface area (Å²) in [4.78, 5) is 31.0. The number of aromatic nitrogens is 2. The van der Waals surface area contributed by atoms with Gasteiger partial charge < -0.3 is 21.5 Å². The molecule has 0 radical (unpaired) electrons. The Hall–Kier alpha value is -2.82. The number of alkyl halides is 3. The molecule has 0 aromatic carbocycles. The highest BCUT2D eigenvalue weighted by Crippen LogP contribution is 2.29. The van der Waals surface area contributed by atoms with Gasteiger partial charge in [-0.1, -0.05) is 0 Å². The molecule has 0 aliphatic carbocycles. The Bertz CT molecular complexity index is 881. The van der Waals surface area contributed by atoms with E-state index < -0.39 is 30.5 Å². The maximum atomic E-state index is 12.4. The number of nitrogens with one attached hydrogen (secondary N) is 3. The number of pyridine rings is 1. The van der Waals surface area contributed by atoms with E-state index in [1.54, 1.807) is 17.3 Å². The lowest BCUT2D eigenvalue weighted by atomic mass is 9.94. The summed E-state index contributed by atoms with van der Waals surface area (Å²) in [5.41, 5.74) is 9.77. The lowest BCUT2D eigenvalue weighted by Crippen LogP contribution is -2.50. The highest BCUT2D eigenvalue weighted by molar-refractivity contribution is 6.05. The minimum Gasteiger partial charge on any atom is -0.365 e. The predicted octanol–water partition coefficient (Wildman–Crippen LogP) is 1.77. The summed E-state index contributed by atoms with van der Waals surface area (Å²) in [7, 11) is 0. The van der Waals surface area contributed by atoms with Gasteiger partial charge in [0.05, 0.1) is 17.2 Å². The number of piperidine rings is 1. The molecule has 0 bridgehead atoms. The van der Waals surface area contributed by atoms with Crippen LogP contribution in [-0.2, 0) is 4.79 Å². The van der Waals surface area contributed by atoms with Crippen LogP contribution in [-0.4, -0.2) is 52.1 Å². The largest absolute Gasteiger partial charge is 0.405 e. The number of carbonyl (C=O) groups is 2. The third-order valence-corrected chi connectivity index (χ3v) is 4.82. The topological polar surface area (TPSA) is 116 Å². The summed E-state index contributed by atoms with van der Waals surface area (Å²) >= 11 is 0. The highest BCUT2D eigenvalue weighted by atomic mass is 19.4. The van der Waals surface area contributed by atoms with Gasteiger partial charge in [-0.2, -0.15) is 13.2 Å². The van der Waals surface area contributed by atoms with Crippen molar-refractivity contribution in [3.63, 3.8) is 0 Å². The monoisotopic (exact) mass is 398 g/mol. The lowest BCUT2D eigenvalue weighted by molar-refractivity contribution is -0.142. The van der Waals surface area contributed by atoms with E-state index in [0.717, 1.165) is 0 Å². The lowest BCUT2D eigenvalue weighted by Gasteiger charge is -2.38. The number of nitrogens with two attached hydrogens (primary N) is 1. The van der Waals surface area contributed by atoms with Gasteiger partial charge in [-0.15, -0.1) is 0 Å². The van der Waals surface area contributed by atoms with E-state index in [4.69, 9.17) is 5.73 Å². The quantitative estimate of drug-likeness (QED) is 0.613. The minimum absolute atomic E-state index is 0.00505. The fourth-order valence-electron chi connectivity index (χ4n) is 3.27. The van der Waals surface area contributed by atoms with Gasteiger partial charge in [-0.3, -0.25) is 9.59 Å². The molecule has 5 N–H and O–H groups in total. The number of aromatic amines is 1. The van der Waals surface area contributed by atoms with Gasteiger partial charge in [0.25, 0.3) is 5.91 Å². The molecule has 152 valence electrons. The molecule has 8 nitrogen and oxygen atoms in total. The first-order chi connectivity index (χ1) is 13.2. The highest BCUT2D eigenvalue weighted by Gasteiger charge is 2.34. The maximum Gasteiger partial charge on any atom is 0.405 e. The zero-order valence-corrected chi connectivity index (χ0v) is 15.1. The van der Waals surface area contributed by atoms with Crippen molar-refractivity contribution in [2.75, 3.05) is 18.5 Å². The normalized spacial score (nSPS) is 20.9. The number of fused-ring (bicyclic) bond motifs is 1. The molecule has 11 heteroatoms. The first-order valence-electron chi connectivity index (χ1n) is 8.79. The molecule has 1 saturated heterocycles. The average molecular weight is 398 g/mol. The van der Waals surface area contributed by atoms with Gasteiger partial charge in [0.2, 0.25) is 5.91 Å². The molecule has 2 atom stereocenters. The van der Waals surface area contributed by atoms with Crippen LogP contribution in [0.4, 0.5) is 18.9 Å². The number of H-pyrrole nitrogens is 1. The van der Waals surface area contributed by atoms with E-state index in [1.165, 1.54) is 6.20 Å². The van der Waals surface area contributed by atoms with E-state index in [9.17, 15) is 22.8 Å². The van der Waals surface area contributed by atoms with Crippen molar-refractivity contribution in [3.05, 3.63) is 24.0 Å². The molecule has 2 aromatic rings. The average Bonchev–Trinajstić information content (AvgIpc) is 3.10. The summed E-state index contributed by atoms with van der Waals surface area (Å²) in [6, 6.07) is 1.73. The molecular formula is C17H21F3N6O2. The molecule has 28 heavy (non-hydrogen) atoms. The number of hydrogen-bond acceptors (Lipinski definition) is 5. The number of carbonyl (C=O) groups excluding carboxylic acids is 2. The summed E-state index contributed by atoms with van der Waals surface area (Å²) < 4.78 is 37.1. The third kappa shape index (κ3) is 4.35. The van der Waals surface area contributed by atoms with Gasteiger partial charge in [0, 0.05) is 30.4 Å². The van der Waals surface area contributed by atoms with Crippen LogP contribution in [0.3, 0.4) is 0 Å². The van der Waals surface area contributed by atoms with E-state index in [1.807, 2.05) is 12.2 Å². The number of anilines is 1. The van der Waals surface area contributed by atoms with Crippen molar-refractivity contribution >= 4 is 28.5 Å². The number of hydrazine groups is 1. The number of nitrogens with zero attached hydrogens (tertiary/aromatic N) is 2. The molecule has 1 aliphatic rings. The fourth-order valence-corrected chi connectivity index (χ4v) is 3.27. The molecule has 1 aliphatic heterocycles. The van der Waals surface area contributed by atoms with E-state index >= 15 is 0 Å². The van der Waals surface area contributed by atoms with Crippen molar-refractivity contribution in [1.29, 1.82) is 0 Å². The van der Waals surface area contributed by atoms with Crippen LogP contribution in [0.2, 0.25) is 0 Å². The van der Waals surface area contributed by atoms with Gasteiger partial charge >= 0.3 is 6.18 Å². The van der Waals surface area contributed by atoms with Crippen LogP contribution in [0.1, 0.15) is 30.1 Å². The minimum atomic E-state index is -4.46. The Morgan fingerprint density at radius 3 is 2.82 bits per heavy atom. The Morgan fingerprint density at radius 1 is 1.39 bits per heavy atom. The summed E-state index contributed by atoms with van der Waals surface area (Å²) in [5, 5.41) is 4.33. The van der Waals surface area contributed by atoms with Crippen LogP contribution in [0.15, 0.2) is 18.5 Å². The molecule has 1 fully saturated rings. The molecule has 3 heterocycles. The zero-order valence-electron chi connectivity index (χ0n) is 15.1. The van der Waals surface area contributed by atoms with Crippen molar-refractivity contribution < 1.29 is 22.8 Å². The standard InChI is InChI=1S/C17H21F3N6O2/c1-9-2-3-10(16(28)24-8-17(18,19)20)7-26(9)25-13-11-4-5-22-15(11)23-6-12(13)14(21)27/h4-6,9-10H,2-3,7-8H2,1H3,(H2,21,27)(H,24,28)(H2,22,23,25)/t9-,10+/m1/s1. The van der Waals surface area contributed by atoms with E-state index in [0.29, 0.717) is 29.6 Å². The van der Waals surface area contributed by atoms with Crippen molar-refractivity contribution in [3.8, 4) is 0 Å². The predicted molar refractivity (Wildman–Crippen MR) is 96.2 cm³/mol. The summed E-state index contributed by atoms with van der Waals surface area (Å²) in [5.74, 6) is -1.92. The van der Waals surface area contributed by atoms with Gasteiger partial charge in [-0.05, 0) is 25.8 Å². The van der Waals surface area contributed by atoms with Gasteiger partial charge in [-0.25, -0.2) is 9.99 Å². The van der Waals surface area contributed by atoms with Crippen LogP contribution in [0, 0.1) is 5.92 Å². The Balaban J connectivity index is 1.79. The van der Waals surface area contributed by atoms with Gasteiger partial charge in [0.15, 0.2) is 0 Å². The van der Waals surface area contributed by atoms with Crippen LogP contribution < -0.4 is 16.5 Å². The Morgan fingerprint density at radius 2 is 2.14 bits per heavy atom. The first-order valence-corrected chi connectivity index (χ1v) is 8.79. The second kappa shape index (κ2) is 7.66. The summed E-state index contributed by atoms with van der Waals surface area (Å²) in [6.07, 6.45) is -0.360. The molecule has 0 saturated carbocycles. The van der Waals surface area contributed by atoms with E-state index in [2.05, 4.69) is 15.4 Å². The zero-order chi connectivity index (χ0) is 20.5. The van der Waals surface area contributed by atoms with Crippen molar-refractivity contribution in [1.82, 2.24) is 20.3 Å². The Labute approximate surface area is 158 Å². The number of primary amides is 1. The van der Waals surface area contributed by atoms with Crippen LogP contribution in [0.5, 0.6) is 0 Å². The second-order valence-electron chi connectivity index (χ2n) is 6.87. The molecule has 0 spiro atoms. The number of amides is 2. The number of halogens is 3. The van der Waals surface area contributed by atoms with E-state index in [-0.39, 0.29) is 18.2 Å². The fraction of sp³-hybridized carbons (Fsp3) is 0.471. The SMILES string of the molecule is C[C@@H]1CC[C@H](C(=O)NCC(F)(F)F)CN1Nc1c(C(N)=O)cnc2[nH]ccc12. The van der Waals surface area contributed by atoms with Gasteiger partial charge in [0.1, 0.15) is 12.2 Å².